The van der Waals surface area contributed by atoms with Crippen LogP contribution in [0.5, 0.6) is 0 Å². The van der Waals surface area contributed by atoms with Gasteiger partial charge in [-0.15, -0.1) is 0 Å². The molecule has 0 saturated heterocycles. The van der Waals surface area contributed by atoms with E-state index >= 15 is 0 Å². The fourth-order valence-corrected chi connectivity index (χ4v) is 1.90. The molecule has 3 nitrogen and oxygen atoms in total. The van der Waals surface area contributed by atoms with Crippen molar-refractivity contribution in [2.75, 3.05) is 0 Å². The molecule has 1 rings (SSSR count). The molecule has 0 amide bonds. The lowest BCUT2D eigenvalue weighted by atomic mass is 9.89. The number of rotatable bonds is 3. The van der Waals surface area contributed by atoms with E-state index in [9.17, 15) is 4.79 Å². The molecule has 70 valence electrons. The highest BCUT2D eigenvalue weighted by atomic mass is 16.4. The Morgan fingerprint density at radius 3 is 2.50 bits per heavy atom. The van der Waals surface area contributed by atoms with Crippen LogP contribution in [-0.4, -0.2) is 16.6 Å². The van der Waals surface area contributed by atoms with Crippen molar-refractivity contribution < 1.29 is 9.90 Å². The average molecular weight is 171 g/mol. The zero-order valence-corrected chi connectivity index (χ0v) is 7.55. The average Bonchev–Trinajstić information content (AvgIpc) is 2.38. The third-order valence-corrected chi connectivity index (χ3v) is 2.68. The van der Waals surface area contributed by atoms with Gasteiger partial charge in [0, 0.05) is 0 Å². The number of hydrogen-bond donors (Lipinski definition) is 2. The Kier molecular flexibility index (Phi) is 2.73. The molecule has 1 fully saturated rings. The number of nitrogens with two attached hydrogens (primary N) is 1. The lowest BCUT2D eigenvalue weighted by molar-refractivity contribution is -0.143. The van der Waals surface area contributed by atoms with Crippen molar-refractivity contribution in [1.29, 1.82) is 0 Å². The van der Waals surface area contributed by atoms with Gasteiger partial charge in [-0.3, -0.25) is 4.79 Å². The van der Waals surface area contributed by atoms with Crippen LogP contribution in [0.1, 0.15) is 39.0 Å². The highest BCUT2D eigenvalue weighted by Gasteiger charge is 2.32. The van der Waals surface area contributed by atoms with E-state index in [1.54, 1.807) is 6.92 Å². The van der Waals surface area contributed by atoms with E-state index < -0.39 is 11.5 Å². The fourth-order valence-electron chi connectivity index (χ4n) is 1.90. The Hall–Kier alpha value is -0.570. The van der Waals surface area contributed by atoms with Crippen molar-refractivity contribution in [2.45, 2.75) is 44.6 Å². The van der Waals surface area contributed by atoms with E-state index in [4.69, 9.17) is 10.8 Å². The van der Waals surface area contributed by atoms with Crippen LogP contribution < -0.4 is 5.73 Å². The first-order chi connectivity index (χ1) is 5.52. The van der Waals surface area contributed by atoms with E-state index in [2.05, 4.69) is 0 Å². The normalized spacial score (nSPS) is 23.8. The molecule has 1 atom stereocenters. The van der Waals surface area contributed by atoms with Crippen LogP contribution in [0.4, 0.5) is 0 Å². The second-order valence-electron chi connectivity index (χ2n) is 4.08. The maximum atomic E-state index is 10.7. The quantitative estimate of drug-likeness (QED) is 0.674. The van der Waals surface area contributed by atoms with Gasteiger partial charge in [0.05, 0.1) is 0 Å². The van der Waals surface area contributed by atoms with Crippen molar-refractivity contribution in [3.05, 3.63) is 0 Å². The maximum absolute atomic E-state index is 10.7. The number of carboxylic acids is 1. The monoisotopic (exact) mass is 171 g/mol. The third kappa shape index (κ3) is 2.21. The lowest BCUT2D eigenvalue weighted by Gasteiger charge is -2.22. The van der Waals surface area contributed by atoms with Gasteiger partial charge in [0.2, 0.25) is 0 Å². The summed E-state index contributed by atoms with van der Waals surface area (Å²) in [6, 6.07) is 0. The van der Waals surface area contributed by atoms with Crippen molar-refractivity contribution in [2.24, 2.45) is 11.7 Å². The smallest absolute Gasteiger partial charge is 0.323 e. The molecule has 0 aromatic rings. The number of aliphatic carboxylic acids is 1. The molecule has 0 heterocycles. The van der Waals surface area contributed by atoms with E-state index in [-0.39, 0.29) is 0 Å². The summed E-state index contributed by atoms with van der Waals surface area (Å²) in [6.45, 7) is 1.60. The highest BCUT2D eigenvalue weighted by molar-refractivity contribution is 5.77. The van der Waals surface area contributed by atoms with E-state index in [1.165, 1.54) is 12.8 Å². The first-order valence-electron chi connectivity index (χ1n) is 4.54. The molecule has 1 aliphatic carbocycles. The van der Waals surface area contributed by atoms with Gasteiger partial charge in [-0.05, 0) is 19.3 Å². The molecule has 1 aliphatic rings. The van der Waals surface area contributed by atoms with Crippen molar-refractivity contribution in [3.8, 4) is 0 Å². The van der Waals surface area contributed by atoms with Gasteiger partial charge in [-0.25, -0.2) is 0 Å². The molecule has 12 heavy (non-hydrogen) atoms. The Morgan fingerprint density at radius 1 is 1.58 bits per heavy atom. The zero-order valence-electron chi connectivity index (χ0n) is 7.55. The standard InChI is InChI=1S/C9H17NO2/c1-9(10,8(11)12)6-7-4-2-3-5-7/h7H,2-6,10H2,1H3,(H,11,12). The Labute approximate surface area is 72.9 Å². The van der Waals surface area contributed by atoms with E-state index in [0.29, 0.717) is 12.3 Å². The van der Waals surface area contributed by atoms with Crippen LogP contribution in [-0.2, 0) is 4.79 Å². The topological polar surface area (TPSA) is 63.3 Å². The van der Waals surface area contributed by atoms with Crippen molar-refractivity contribution in [1.82, 2.24) is 0 Å². The summed E-state index contributed by atoms with van der Waals surface area (Å²) in [5, 5.41) is 8.78. The number of carboxylic acid groups (broad SMARTS) is 1. The Balaban J connectivity index is 2.42. The Morgan fingerprint density at radius 2 is 2.08 bits per heavy atom. The second-order valence-corrected chi connectivity index (χ2v) is 4.08. The minimum Gasteiger partial charge on any atom is -0.480 e. The molecule has 0 aromatic carbocycles. The predicted molar refractivity (Wildman–Crippen MR) is 46.8 cm³/mol. The molecular weight excluding hydrogens is 154 g/mol. The molecule has 0 aliphatic heterocycles. The van der Waals surface area contributed by atoms with Crippen LogP contribution in [0.3, 0.4) is 0 Å². The van der Waals surface area contributed by atoms with Gasteiger partial charge < -0.3 is 10.8 Å². The Bertz CT molecular complexity index is 171. The van der Waals surface area contributed by atoms with Crippen LogP contribution in [0.25, 0.3) is 0 Å². The summed E-state index contributed by atoms with van der Waals surface area (Å²) >= 11 is 0. The summed E-state index contributed by atoms with van der Waals surface area (Å²) in [5.41, 5.74) is 4.62. The summed E-state index contributed by atoms with van der Waals surface area (Å²) < 4.78 is 0. The van der Waals surface area contributed by atoms with Gasteiger partial charge >= 0.3 is 5.97 Å². The third-order valence-electron chi connectivity index (χ3n) is 2.68. The van der Waals surface area contributed by atoms with Gasteiger partial charge in [-0.2, -0.15) is 0 Å². The molecule has 3 N–H and O–H groups in total. The molecule has 0 spiro atoms. The summed E-state index contributed by atoms with van der Waals surface area (Å²) in [7, 11) is 0. The molecule has 1 saturated carbocycles. The van der Waals surface area contributed by atoms with Gasteiger partial charge in [0.15, 0.2) is 0 Å². The largest absolute Gasteiger partial charge is 0.480 e. The molecular formula is C9H17NO2. The van der Waals surface area contributed by atoms with E-state index in [1.807, 2.05) is 0 Å². The van der Waals surface area contributed by atoms with Gasteiger partial charge in [-0.1, -0.05) is 25.7 Å². The van der Waals surface area contributed by atoms with Crippen LogP contribution in [0, 0.1) is 5.92 Å². The predicted octanol–water partition coefficient (Wildman–Crippen LogP) is 1.37. The summed E-state index contributed by atoms with van der Waals surface area (Å²) in [4.78, 5) is 10.7. The van der Waals surface area contributed by atoms with Crippen LogP contribution in [0.2, 0.25) is 0 Å². The number of carbonyl (C=O) groups is 1. The van der Waals surface area contributed by atoms with Crippen molar-refractivity contribution in [3.63, 3.8) is 0 Å². The minimum absolute atomic E-state index is 0.538. The zero-order chi connectivity index (χ0) is 9.19. The van der Waals surface area contributed by atoms with E-state index in [0.717, 1.165) is 12.8 Å². The van der Waals surface area contributed by atoms with Gasteiger partial charge in [0.1, 0.15) is 5.54 Å². The maximum Gasteiger partial charge on any atom is 0.323 e. The first-order valence-corrected chi connectivity index (χ1v) is 4.54. The lowest BCUT2D eigenvalue weighted by Crippen LogP contribution is -2.46. The number of hydrogen-bond acceptors (Lipinski definition) is 2. The molecule has 1 unspecified atom stereocenters. The van der Waals surface area contributed by atoms with Crippen LogP contribution in [0.15, 0.2) is 0 Å². The fraction of sp³-hybridized carbons (Fsp3) is 0.889. The summed E-state index contributed by atoms with van der Waals surface area (Å²) in [5.74, 6) is -0.342. The van der Waals surface area contributed by atoms with Crippen molar-refractivity contribution >= 4 is 5.97 Å². The second kappa shape index (κ2) is 3.44. The SMILES string of the molecule is CC(N)(CC1CCCC1)C(=O)O. The molecule has 0 radical (unpaired) electrons. The van der Waals surface area contributed by atoms with Gasteiger partial charge in [0.25, 0.3) is 0 Å². The minimum atomic E-state index is -1.02. The summed E-state index contributed by atoms with van der Waals surface area (Å²) in [6.07, 6.45) is 5.41. The molecule has 0 aromatic heterocycles. The molecule has 0 bridgehead atoms. The van der Waals surface area contributed by atoms with Crippen LogP contribution >= 0.6 is 0 Å². The molecule has 3 heteroatoms. The first kappa shape index (κ1) is 9.52. The highest BCUT2D eigenvalue weighted by Crippen LogP contribution is 2.30.